The zero-order valence-corrected chi connectivity index (χ0v) is 11.4. The third-order valence-electron chi connectivity index (χ3n) is 2.79. The van der Waals surface area contributed by atoms with Gasteiger partial charge in [0.05, 0.1) is 0 Å². The van der Waals surface area contributed by atoms with E-state index < -0.39 is 0 Å². The number of rotatable bonds is 8. The minimum atomic E-state index is 0.826. The Morgan fingerprint density at radius 2 is 1.94 bits per heavy atom. The Morgan fingerprint density at radius 1 is 1.18 bits per heavy atom. The first-order chi connectivity index (χ1) is 8.18. The zero-order valence-electron chi connectivity index (χ0n) is 11.4. The molecule has 0 unspecified atom stereocenters. The fourth-order valence-corrected chi connectivity index (χ4v) is 1.80. The van der Waals surface area contributed by atoms with E-state index in [2.05, 4.69) is 29.1 Å². The Balaban J connectivity index is 2.01. The highest BCUT2D eigenvalue weighted by molar-refractivity contribution is 5.32. The number of anilines is 1. The SMILES string of the molecule is Cc1nccc(NCCCCCCC(C)C)n1. The summed E-state index contributed by atoms with van der Waals surface area (Å²) in [6, 6.07) is 1.92. The molecule has 0 radical (unpaired) electrons. The molecule has 96 valence electrons. The van der Waals surface area contributed by atoms with Crippen LogP contribution in [0, 0.1) is 12.8 Å². The van der Waals surface area contributed by atoms with Gasteiger partial charge in [0.2, 0.25) is 0 Å². The number of hydrogen-bond acceptors (Lipinski definition) is 3. The van der Waals surface area contributed by atoms with Crippen LogP contribution in [0.4, 0.5) is 5.82 Å². The lowest BCUT2D eigenvalue weighted by Gasteiger charge is -2.06. The number of nitrogens with zero attached hydrogens (tertiary/aromatic N) is 2. The molecule has 0 aliphatic heterocycles. The van der Waals surface area contributed by atoms with E-state index in [1.807, 2.05) is 13.0 Å². The van der Waals surface area contributed by atoms with Crippen molar-refractivity contribution in [3.8, 4) is 0 Å². The van der Waals surface area contributed by atoms with Gasteiger partial charge in [0.1, 0.15) is 11.6 Å². The van der Waals surface area contributed by atoms with Crippen molar-refractivity contribution in [2.45, 2.75) is 52.9 Å². The first-order valence-electron chi connectivity index (χ1n) is 6.72. The molecule has 0 fully saturated rings. The molecule has 0 bridgehead atoms. The summed E-state index contributed by atoms with van der Waals surface area (Å²) in [6.45, 7) is 7.51. The molecule has 0 aliphatic rings. The van der Waals surface area contributed by atoms with Gasteiger partial charge in [-0.3, -0.25) is 0 Å². The Labute approximate surface area is 105 Å². The Hall–Kier alpha value is -1.12. The predicted molar refractivity (Wildman–Crippen MR) is 73.2 cm³/mol. The standard InChI is InChI=1S/C14H25N3/c1-12(2)8-6-4-5-7-10-16-14-9-11-15-13(3)17-14/h9,11-12H,4-8,10H2,1-3H3,(H,15,16,17). The maximum absolute atomic E-state index is 4.31. The second-order valence-electron chi connectivity index (χ2n) is 5.01. The number of unbranched alkanes of at least 4 members (excludes halogenated alkanes) is 3. The quantitative estimate of drug-likeness (QED) is 0.696. The smallest absolute Gasteiger partial charge is 0.129 e. The van der Waals surface area contributed by atoms with Gasteiger partial charge in [0, 0.05) is 12.7 Å². The van der Waals surface area contributed by atoms with Crippen LogP contribution < -0.4 is 5.32 Å². The van der Waals surface area contributed by atoms with Gasteiger partial charge in [0.15, 0.2) is 0 Å². The van der Waals surface area contributed by atoms with Gasteiger partial charge in [-0.15, -0.1) is 0 Å². The minimum Gasteiger partial charge on any atom is -0.370 e. The van der Waals surface area contributed by atoms with Gasteiger partial charge in [-0.2, -0.15) is 0 Å². The number of nitrogens with one attached hydrogen (secondary N) is 1. The summed E-state index contributed by atoms with van der Waals surface area (Å²) >= 11 is 0. The second kappa shape index (κ2) is 8.04. The van der Waals surface area contributed by atoms with Crippen LogP contribution in [0.3, 0.4) is 0 Å². The van der Waals surface area contributed by atoms with Crippen LogP contribution in [0.25, 0.3) is 0 Å². The Morgan fingerprint density at radius 3 is 2.65 bits per heavy atom. The molecule has 1 heterocycles. The van der Waals surface area contributed by atoms with E-state index in [-0.39, 0.29) is 0 Å². The van der Waals surface area contributed by atoms with Gasteiger partial charge < -0.3 is 5.32 Å². The molecular weight excluding hydrogens is 210 g/mol. The van der Waals surface area contributed by atoms with Gasteiger partial charge >= 0.3 is 0 Å². The van der Waals surface area contributed by atoms with Crippen LogP contribution in [0.5, 0.6) is 0 Å². The average Bonchev–Trinajstić information content (AvgIpc) is 2.27. The van der Waals surface area contributed by atoms with Crippen molar-refractivity contribution in [2.24, 2.45) is 5.92 Å². The van der Waals surface area contributed by atoms with E-state index in [1.165, 1.54) is 32.1 Å². The summed E-state index contributed by atoms with van der Waals surface area (Å²) in [6.07, 6.45) is 8.41. The zero-order chi connectivity index (χ0) is 12.5. The highest BCUT2D eigenvalue weighted by atomic mass is 15.0. The van der Waals surface area contributed by atoms with Crippen LogP contribution in [-0.2, 0) is 0 Å². The molecule has 17 heavy (non-hydrogen) atoms. The van der Waals surface area contributed by atoms with Crippen molar-refractivity contribution in [1.29, 1.82) is 0 Å². The summed E-state index contributed by atoms with van der Waals surface area (Å²) < 4.78 is 0. The lowest BCUT2D eigenvalue weighted by Crippen LogP contribution is -2.04. The molecule has 0 aromatic carbocycles. The van der Waals surface area contributed by atoms with Gasteiger partial charge in [-0.25, -0.2) is 9.97 Å². The average molecular weight is 235 g/mol. The Bertz CT molecular complexity index is 310. The topological polar surface area (TPSA) is 37.8 Å². The van der Waals surface area contributed by atoms with Gasteiger partial charge in [-0.05, 0) is 25.3 Å². The van der Waals surface area contributed by atoms with Gasteiger partial charge in [0.25, 0.3) is 0 Å². The first kappa shape index (κ1) is 13.9. The highest BCUT2D eigenvalue weighted by Crippen LogP contribution is 2.09. The summed E-state index contributed by atoms with van der Waals surface area (Å²) in [7, 11) is 0. The van der Waals surface area contributed by atoms with E-state index in [0.29, 0.717) is 0 Å². The monoisotopic (exact) mass is 235 g/mol. The molecule has 1 rings (SSSR count). The molecule has 0 aliphatic carbocycles. The molecule has 0 amide bonds. The van der Waals surface area contributed by atoms with Crippen LogP contribution in [0.15, 0.2) is 12.3 Å². The van der Waals surface area contributed by atoms with Gasteiger partial charge in [-0.1, -0.05) is 39.5 Å². The van der Waals surface area contributed by atoms with Crippen molar-refractivity contribution >= 4 is 5.82 Å². The van der Waals surface area contributed by atoms with Crippen molar-refractivity contribution in [3.05, 3.63) is 18.1 Å². The molecule has 0 spiro atoms. The molecule has 0 atom stereocenters. The summed E-state index contributed by atoms with van der Waals surface area (Å²) in [5, 5.41) is 3.33. The van der Waals surface area contributed by atoms with Crippen LogP contribution in [-0.4, -0.2) is 16.5 Å². The predicted octanol–water partition coefficient (Wildman–Crippen LogP) is 3.80. The fourth-order valence-electron chi connectivity index (χ4n) is 1.80. The van der Waals surface area contributed by atoms with E-state index >= 15 is 0 Å². The molecule has 0 saturated carbocycles. The fraction of sp³-hybridized carbons (Fsp3) is 0.714. The second-order valence-corrected chi connectivity index (χ2v) is 5.01. The highest BCUT2D eigenvalue weighted by Gasteiger charge is 1.96. The van der Waals surface area contributed by atoms with E-state index in [4.69, 9.17) is 0 Å². The molecule has 0 saturated heterocycles. The third-order valence-corrected chi connectivity index (χ3v) is 2.79. The Kier molecular flexibility index (Phi) is 6.60. The normalized spacial score (nSPS) is 10.8. The van der Waals surface area contributed by atoms with Crippen LogP contribution in [0.1, 0.15) is 51.8 Å². The summed E-state index contributed by atoms with van der Waals surface area (Å²) in [4.78, 5) is 8.38. The van der Waals surface area contributed by atoms with E-state index in [9.17, 15) is 0 Å². The first-order valence-corrected chi connectivity index (χ1v) is 6.72. The molecule has 1 aromatic rings. The van der Waals surface area contributed by atoms with E-state index in [1.54, 1.807) is 6.20 Å². The van der Waals surface area contributed by atoms with Crippen molar-refractivity contribution in [2.75, 3.05) is 11.9 Å². The summed E-state index contributed by atoms with van der Waals surface area (Å²) in [5.74, 6) is 2.61. The largest absolute Gasteiger partial charge is 0.370 e. The molecule has 3 heteroatoms. The lowest BCUT2D eigenvalue weighted by molar-refractivity contribution is 0.523. The van der Waals surface area contributed by atoms with Crippen LogP contribution in [0.2, 0.25) is 0 Å². The van der Waals surface area contributed by atoms with Crippen LogP contribution >= 0.6 is 0 Å². The molecule has 3 nitrogen and oxygen atoms in total. The van der Waals surface area contributed by atoms with Crippen molar-refractivity contribution < 1.29 is 0 Å². The molecule has 1 aromatic heterocycles. The minimum absolute atomic E-state index is 0.826. The molecular formula is C14H25N3. The number of hydrogen-bond donors (Lipinski definition) is 1. The third kappa shape index (κ3) is 6.93. The maximum atomic E-state index is 4.31. The lowest BCUT2D eigenvalue weighted by atomic mass is 10.0. The molecule has 1 N–H and O–H groups in total. The number of aryl methyl sites for hydroxylation is 1. The van der Waals surface area contributed by atoms with E-state index in [0.717, 1.165) is 24.1 Å². The maximum Gasteiger partial charge on any atom is 0.129 e. The summed E-state index contributed by atoms with van der Waals surface area (Å²) in [5.41, 5.74) is 0. The van der Waals surface area contributed by atoms with Crippen molar-refractivity contribution in [3.63, 3.8) is 0 Å². The van der Waals surface area contributed by atoms with Crippen molar-refractivity contribution in [1.82, 2.24) is 9.97 Å². The number of aromatic nitrogens is 2.